The van der Waals surface area contributed by atoms with Crippen LogP contribution in [0.25, 0.3) is 0 Å². The van der Waals surface area contributed by atoms with Gasteiger partial charge >= 0.3 is 0 Å². The minimum atomic E-state index is 0.998. The Morgan fingerprint density at radius 2 is 2.23 bits per heavy atom. The number of thioether (sulfide) groups is 1. The molecule has 2 rings (SSSR count). The van der Waals surface area contributed by atoms with Gasteiger partial charge < -0.3 is 9.32 Å². The van der Waals surface area contributed by atoms with E-state index in [4.69, 9.17) is 4.42 Å². The fourth-order valence-corrected chi connectivity index (χ4v) is 2.54. The molecule has 0 aliphatic carbocycles. The second kappa shape index (κ2) is 3.14. The summed E-state index contributed by atoms with van der Waals surface area (Å²) in [6.45, 7) is 2.14. The summed E-state index contributed by atoms with van der Waals surface area (Å²) in [5.74, 6) is 0. The van der Waals surface area contributed by atoms with Gasteiger partial charge in [-0.15, -0.1) is 0 Å². The van der Waals surface area contributed by atoms with Gasteiger partial charge in [0, 0.05) is 36.7 Å². The first-order valence-corrected chi connectivity index (χ1v) is 5.11. The monoisotopic (exact) mass is 195 g/mol. The van der Waals surface area contributed by atoms with Crippen molar-refractivity contribution in [3.05, 3.63) is 28.5 Å². The molecular weight excluding hydrogens is 182 g/mol. The number of likely N-dealkylation sites (N-methyl/N-ethyl adjacent to an activating group) is 1. The van der Waals surface area contributed by atoms with Gasteiger partial charge in [0.1, 0.15) is 0 Å². The van der Waals surface area contributed by atoms with Crippen molar-refractivity contribution in [1.29, 1.82) is 0 Å². The molecule has 0 bridgehead atoms. The molecule has 0 N–H and O–H groups in total. The highest BCUT2D eigenvalue weighted by atomic mass is 32.2. The number of furan rings is 1. The fraction of sp³-hybridized carbons (Fsp3) is 0.400. The van der Waals surface area contributed by atoms with E-state index >= 15 is 0 Å². The third kappa shape index (κ3) is 1.48. The van der Waals surface area contributed by atoms with E-state index in [1.807, 2.05) is 0 Å². The Morgan fingerprint density at radius 3 is 2.92 bits per heavy atom. The lowest BCUT2D eigenvalue weighted by molar-refractivity contribution is 0.455. The van der Waals surface area contributed by atoms with Gasteiger partial charge in [0.2, 0.25) is 0 Å². The molecule has 2 nitrogen and oxygen atoms in total. The van der Waals surface area contributed by atoms with Crippen molar-refractivity contribution in [2.45, 2.75) is 18.4 Å². The number of fused-ring (bicyclic) bond motifs is 1. The van der Waals surface area contributed by atoms with Crippen LogP contribution in [0, 0.1) is 0 Å². The second-order valence-corrected chi connectivity index (χ2v) is 4.60. The summed E-state index contributed by atoms with van der Waals surface area (Å²) in [5.41, 5.74) is 2.69. The van der Waals surface area contributed by atoms with Crippen molar-refractivity contribution in [1.82, 2.24) is 4.90 Å². The van der Waals surface area contributed by atoms with E-state index in [9.17, 15) is 0 Å². The van der Waals surface area contributed by atoms with Crippen LogP contribution in [0.1, 0.15) is 12.5 Å². The predicted octanol–water partition coefficient (Wildman–Crippen LogP) is 2.72. The highest BCUT2D eigenvalue weighted by molar-refractivity contribution is 8.03. The number of hydrogen-bond donors (Lipinski definition) is 0. The van der Waals surface area contributed by atoms with Crippen LogP contribution < -0.4 is 0 Å². The Morgan fingerprint density at radius 1 is 1.46 bits per heavy atom. The molecule has 0 spiro atoms. The van der Waals surface area contributed by atoms with Crippen molar-refractivity contribution < 1.29 is 4.42 Å². The zero-order valence-corrected chi connectivity index (χ0v) is 8.94. The van der Waals surface area contributed by atoms with Crippen LogP contribution in [0.15, 0.2) is 32.4 Å². The van der Waals surface area contributed by atoms with Gasteiger partial charge in [0.15, 0.2) is 5.09 Å². The van der Waals surface area contributed by atoms with Crippen LogP contribution in [0.4, 0.5) is 0 Å². The van der Waals surface area contributed by atoms with Gasteiger partial charge in [-0.2, -0.15) is 0 Å². The largest absolute Gasteiger partial charge is 0.457 e. The molecule has 2 heterocycles. The van der Waals surface area contributed by atoms with Gasteiger partial charge in [0.25, 0.3) is 0 Å². The minimum absolute atomic E-state index is 0.998. The van der Waals surface area contributed by atoms with Gasteiger partial charge in [-0.25, -0.2) is 0 Å². The lowest BCUT2D eigenvalue weighted by Gasteiger charge is -2.23. The van der Waals surface area contributed by atoms with Crippen molar-refractivity contribution in [3.8, 4) is 0 Å². The van der Waals surface area contributed by atoms with Crippen LogP contribution in [-0.2, 0) is 6.42 Å². The van der Waals surface area contributed by atoms with E-state index in [2.05, 4.69) is 32.0 Å². The Balaban J connectivity index is 2.33. The molecular formula is C10H13NOS. The first-order valence-electron chi connectivity index (χ1n) is 4.30. The maximum absolute atomic E-state index is 5.36. The molecule has 0 saturated carbocycles. The first kappa shape index (κ1) is 8.75. The zero-order chi connectivity index (χ0) is 9.42. The Hall–Kier alpha value is -0.830. The van der Waals surface area contributed by atoms with Crippen LogP contribution in [0.3, 0.4) is 0 Å². The third-order valence-corrected chi connectivity index (χ3v) is 3.34. The third-order valence-electron chi connectivity index (χ3n) is 2.26. The lowest BCUT2D eigenvalue weighted by atomic mass is 10.1. The molecule has 0 radical (unpaired) electrons. The van der Waals surface area contributed by atoms with E-state index in [0.717, 1.165) is 11.5 Å². The topological polar surface area (TPSA) is 16.4 Å². The summed E-state index contributed by atoms with van der Waals surface area (Å²) in [7, 11) is 4.18. The van der Waals surface area contributed by atoms with Gasteiger partial charge in [0.05, 0.1) is 6.26 Å². The summed E-state index contributed by atoms with van der Waals surface area (Å²) in [5, 5.41) is 1.06. The molecule has 0 saturated heterocycles. The Labute approximate surface area is 82.6 Å². The van der Waals surface area contributed by atoms with Gasteiger partial charge in [-0.1, -0.05) is 11.8 Å². The quantitative estimate of drug-likeness (QED) is 0.685. The molecule has 0 atom stereocenters. The summed E-state index contributed by atoms with van der Waals surface area (Å²) >= 11 is 1.73. The molecule has 0 fully saturated rings. The maximum atomic E-state index is 5.36. The molecule has 1 aliphatic rings. The van der Waals surface area contributed by atoms with Crippen molar-refractivity contribution in [2.75, 3.05) is 14.1 Å². The van der Waals surface area contributed by atoms with Gasteiger partial charge in [-0.05, 0) is 13.0 Å². The average Bonchev–Trinajstić information content (AvgIpc) is 2.48. The summed E-state index contributed by atoms with van der Waals surface area (Å²) in [4.78, 5) is 3.52. The zero-order valence-electron chi connectivity index (χ0n) is 8.13. The van der Waals surface area contributed by atoms with Crippen molar-refractivity contribution in [3.63, 3.8) is 0 Å². The lowest BCUT2D eigenvalue weighted by Crippen LogP contribution is -2.16. The molecule has 1 aliphatic heterocycles. The molecule has 0 aromatic carbocycles. The van der Waals surface area contributed by atoms with Crippen LogP contribution in [0.5, 0.6) is 0 Å². The van der Waals surface area contributed by atoms with E-state index in [0.29, 0.717) is 0 Å². The standard InChI is InChI=1S/C10H13NOS/c1-7-9(11(2)3)6-8-4-5-12-10(8)13-7/h4-5H,6H2,1-3H3. The summed E-state index contributed by atoms with van der Waals surface area (Å²) < 4.78 is 5.36. The predicted molar refractivity (Wildman–Crippen MR) is 54.7 cm³/mol. The van der Waals surface area contributed by atoms with E-state index in [1.165, 1.54) is 16.2 Å². The van der Waals surface area contributed by atoms with E-state index < -0.39 is 0 Å². The molecule has 70 valence electrons. The van der Waals surface area contributed by atoms with Crippen LogP contribution in [-0.4, -0.2) is 19.0 Å². The van der Waals surface area contributed by atoms with Crippen LogP contribution in [0.2, 0.25) is 0 Å². The Kier molecular flexibility index (Phi) is 2.12. The van der Waals surface area contributed by atoms with E-state index in [-0.39, 0.29) is 0 Å². The fourth-order valence-electron chi connectivity index (χ4n) is 1.52. The normalized spacial score (nSPS) is 15.9. The molecule has 3 heteroatoms. The molecule has 0 amide bonds. The Bertz CT molecular complexity index is 352. The minimum Gasteiger partial charge on any atom is -0.457 e. The van der Waals surface area contributed by atoms with E-state index in [1.54, 1.807) is 18.0 Å². The SMILES string of the molecule is CC1=C(N(C)C)Cc2ccoc2S1. The van der Waals surface area contributed by atoms with Crippen molar-refractivity contribution >= 4 is 11.8 Å². The highest BCUT2D eigenvalue weighted by Crippen LogP contribution is 2.38. The number of allylic oxidation sites excluding steroid dienone is 2. The molecule has 13 heavy (non-hydrogen) atoms. The first-order chi connectivity index (χ1) is 6.18. The smallest absolute Gasteiger partial charge is 0.168 e. The number of nitrogens with zero attached hydrogens (tertiary/aromatic N) is 1. The summed E-state index contributed by atoms with van der Waals surface area (Å²) in [6.07, 6.45) is 2.77. The summed E-state index contributed by atoms with van der Waals surface area (Å²) in [6, 6.07) is 2.05. The maximum Gasteiger partial charge on any atom is 0.168 e. The average molecular weight is 195 g/mol. The number of hydrogen-bond acceptors (Lipinski definition) is 3. The van der Waals surface area contributed by atoms with Crippen molar-refractivity contribution in [2.24, 2.45) is 0 Å². The molecule has 1 aromatic rings. The molecule has 0 unspecified atom stereocenters. The number of rotatable bonds is 1. The molecule has 1 aromatic heterocycles. The van der Waals surface area contributed by atoms with Gasteiger partial charge in [-0.3, -0.25) is 0 Å². The second-order valence-electron chi connectivity index (χ2n) is 3.41. The van der Waals surface area contributed by atoms with Crippen LogP contribution >= 0.6 is 11.8 Å². The highest BCUT2D eigenvalue weighted by Gasteiger charge is 2.19.